The highest BCUT2D eigenvalue weighted by molar-refractivity contribution is 5.49. The largest absolute Gasteiger partial charge is 0.380 e. The molecule has 0 heterocycles. The third-order valence-electron chi connectivity index (χ3n) is 4.56. The summed E-state index contributed by atoms with van der Waals surface area (Å²) in [5.74, 6) is 0. The van der Waals surface area contributed by atoms with E-state index in [0.29, 0.717) is 0 Å². The summed E-state index contributed by atoms with van der Waals surface area (Å²) in [6.07, 6.45) is 7.17. The predicted molar refractivity (Wildman–Crippen MR) is 74.1 cm³/mol. The van der Waals surface area contributed by atoms with Crippen LogP contribution in [0.15, 0.2) is 53.6 Å². The van der Waals surface area contributed by atoms with Gasteiger partial charge in [0.15, 0.2) is 0 Å². The smallest absolute Gasteiger partial charge is 0.115 e. The highest BCUT2D eigenvalue weighted by Crippen LogP contribution is 2.52. The van der Waals surface area contributed by atoms with Crippen molar-refractivity contribution in [2.45, 2.75) is 38.7 Å². The summed E-state index contributed by atoms with van der Waals surface area (Å²) in [6.45, 7) is 4.58. The van der Waals surface area contributed by atoms with Gasteiger partial charge in [-0.2, -0.15) is 0 Å². The summed E-state index contributed by atoms with van der Waals surface area (Å²) < 4.78 is 0. The van der Waals surface area contributed by atoms with Crippen molar-refractivity contribution in [2.24, 2.45) is 5.41 Å². The SMILES string of the molecule is CC1(C)CCC(O)(c2ccccc2)C2=C1CC=C2. The van der Waals surface area contributed by atoms with Crippen LogP contribution < -0.4 is 0 Å². The maximum absolute atomic E-state index is 11.1. The molecule has 1 aromatic rings. The van der Waals surface area contributed by atoms with Crippen LogP contribution in [0.3, 0.4) is 0 Å². The van der Waals surface area contributed by atoms with Crippen LogP contribution in [0.25, 0.3) is 0 Å². The van der Waals surface area contributed by atoms with Crippen molar-refractivity contribution in [2.75, 3.05) is 0 Å². The van der Waals surface area contributed by atoms with Crippen LogP contribution in [-0.2, 0) is 5.60 Å². The van der Waals surface area contributed by atoms with Crippen molar-refractivity contribution < 1.29 is 5.11 Å². The number of benzene rings is 1. The van der Waals surface area contributed by atoms with Gasteiger partial charge in [0, 0.05) is 0 Å². The molecule has 0 bridgehead atoms. The predicted octanol–water partition coefficient (Wildman–Crippen LogP) is 3.95. The maximum atomic E-state index is 11.1. The molecule has 1 nitrogen and oxygen atoms in total. The quantitative estimate of drug-likeness (QED) is 0.788. The van der Waals surface area contributed by atoms with Gasteiger partial charge in [-0.3, -0.25) is 0 Å². The minimum absolute atomic E-state index is 0.222. The second-order valence-electron chi connectivity index (χ2n) is 6.11. The molecule has 18 heavy (non-hydrogen) atoms. The number of allylic oxidation sites excluding steroid dienone is 2. The van der Waals surface area contributed by atoms with Gasteiger partial charge < -0.3 is 5.11 Å². The molecule has 1 heteroatoms. The summed E-state index contributed by atoms with van der Waals surface area (Å²) in [5.41, 5.74) is 3.03. The Morgan fingerprint density at radius 2 is 1.78 bits per heavy atom. The molecule has 94 valence electrons. The van der Waals surface area contributed by atoms with E-state index in [1.807, 2.05) is 30.3 Å². The highest BCUT2D eigenvalue weighted by atomic mass is 16.3. The van der Waals surface area contributed by atoms with Gasteiger partial charge in [0.2, 0.25) is 0 Å². The van der Waals surface area contributed by atoms with Gasteiger partial charge in [0.05, 0.1) is 0 Å². The van der Waals surface area contributed by atoms with Crippen molar-refractivity contribution in [1.29, 1.82) is 0 Å². The fourth-order valence-corrected chi connectivity index (χ4v) is 3.33. The number of aliphatic hydroxyl groups is 1. The Morgan fingerprint density at radius 1 is 1.06 bits per heavy atom. The molecule has 2 aliphatic carbocycles. The van der Waals surface area contributed by atoms with Gasteiger partial charge in [-0.05, 0) is 35.8 Å². The van der Waals surface area contributed by atoms with E-state index in [2.05, 4.69) is 26.0 Å². The Kier molecular flexibility index (Phi) is 2.49. The Balaban J connectivity index is 2.14. The molecule has 1 aromatic carbocycles. The molecule has 2 aliphatic rings. The molecule has 0 aromatic heterocycles. The molecule has 0 amide bonds. The topological polar surface area (TPSA) is 20.2 Å². The standard InChI is InChI=1S/C17H20O/c1-16(2)11-12-17(18,13-7-4-3-5-8-13)15-10-6-9-14(15)16/h3-8,10,18H,9,11-12H2,1-2H3. The van der Waals surface area contributed by atoms with E-state index in [1.165, 1.54) is 5.57 Å². The summed E-state index contributed by atoms with van der Waals surface area (Å²) in [5, 5.41) is 11.1. The average Bonchev–Trinajstić information content (AvgIpc) is 2.87. The Labute approximate surface area is 109 Å². The highest BCUT2D eigenvalue weighted by Gasteiger charge is 2.44. The van der Waals surface area contributed by atoms with E-state index in [4.69, 9.17) is 0 Å². The van der Waals surface area contributed by atoms with E-state index in [-0.39, 0.29) is 5.41 Å². The van der Waals surface area contributed by atoms with Gasteiger partial charge in [-0.15, -0.1) is 0 Å². The van der Waals surface area contributed by atoms with E-state index in [0.717, 1.165) is 30.4 Å². The first-order chi connectivity index (χ1) is 8.54. The van der Waals surface area contributed by atoms with Gasteiger partial charge in [-0.1, -0.05) is 61.9 Å². The van der Waals surface area contributed by atoms with Crippen LogP contribution in [-0.4, -0.2) is 5.11 Å². The Morgan fingerprint density at radius 3 is 2.50 bits per heavy atom. The number of hydrogen-bond acceptors (Lipinski definition) is 1. The molecular formula is C17H20O. The van der Waals surface area contributed by atoms with Crippen molar-refractivity contribution in [3.63, 3.8) is 0 Å². The van der Waals surface area contributed by atoms with Crippen LogP contribution in [0, 0.1) is 5.41 Å². The summed E-state index contributed by atoms with van der Waals surface area (Å²) in [4.78, 5) is 0. The molecule has 0 saturated heterocycles. The lowest BCUT2D eigenvalue weighted by atomic mass is 9.65. The normalized spacial score (nSPS) is 29.5. The lowest BCUT2D eigenvalue weighted by Gasteiger charge is -2.42. The molecule has 0 aliphatic heterocycles. The number of rotatable bonds is 1. The van der Waals surface area contributed by atoms with Crippen LogP contribution in [0.4, 0.5) is 0 Å². The zero-order valence-electron chi connectivity index (χ0n) is 11.1. The van der Waals surface area contributed by atoms with Crippen LogP contribution >= 0.6 is 0 Å². The van der Waals surface area contributed by atoms with E-state index in [1.54, 1.807) is 0 Å². The van der Waals surface area contributed by atoms with E-state index in [9.17, 15) is 5.11 Å². The molecule has 0 spiro atoms. The lowest BCUT2D eigenvalue weighted by Crippen LogP contribution is -2.36. The maximum Gasteiger partial charge on any atom is 0.115 e. The molecule has 0 radical (unpaired) electrons. The van der Waals surface area contributed by atoms with Crippen molar-refractivity contribution >= 4 is 0 Å². The Hall–Kier alpha value is -1.34. The van der Waals surface area contributed by atoms with Crippen molar-refractivity contribution in [1.82, 2.24) is 0 Å². The van der Waals surface area contributed by atoms with Gasteiger partial charge in [-0.25, -0.2) is 0 Å². The third kappa shape index (κ3) is 1.58. The zero-order chi connectivity index (χ0) is 12.8. The monoisotopic (exact) mass is 240 g/mol. The molecule has 0 saturated carbocycles. The lowest BCUT2D eigenvalue weighted by molar-refractivity contribution is 0.0449. The minimum atomic E-state index is -0.779. The molecule has 1 unspecified atom stereocenters. The average molecular weight is 240 g/mol. The first-order valence-corrected chi connectivity index (χ1v) is 6.73. The first-order valence-electron chi connectivity index (χ1n) is 6.73. The second kappa shape index (κ2) is 3.83. The molecular weight excluding hydrogens is 220 g/mol. The molecule has 1 atom stereocenters. The van der Waals surface area contributed by atoms with Crippen molar-refractivity contribution in [3.05, 3.63) is 59.2 Å². The fraction of sp³-hybridized carbons (Fsp3) is 0.412. The van der Waals surface area contributed by atoms with Gasteiger partial charge in [0.1, 0.15) is 5.60 Å². The van der Waals surface area contributed by atoms with Crippen molar-refractivity contribution in [3.8, 4) is 0 Å². The molecule has 3 rings (SSSR count). The van der Waals surface area contributed by atoms with Gasteiger partial charge in [0.25, 0.3) is 0 Å². The fourth-order valence-electron chi connectivity index (χ4n) is 3.33. The summed E-state index contributed by atoms with van der Waals surface area (Å²) in [7, 11) is 0. The van der Waals surface area contributed by atoms with Crippen LogP contribution in [0.1, 0.15) is 38.7 Å². The molecule has 0 fully saturated rings. The van der Waals surface area contributed by atoms with E-state index >= 15 is 0 Å². The first kappa shape index (κ1) is 11.7. The van der Waals surface area contributed by atoms with E-state index < -0.39 is 5.60 Å². The number of hydrogen-bond donors (Lipinski definition) is 1. The van der Waals surface area contributed by atoms with Gasteiger partial charge >= 0.3 is 0 Å². The Bertz CT molecular complexity index is 522. The third-order valence-corrected chi connectivity index (χ3v) is 4.56. The molecule has 1 N–H and O–H groups in total. The van der Waals surface area contributed by atoms with Crippen LogP contribution in [0.2, 0.25) is 0 Å². The zero-order valence-corrected chi connectivity index (χ0v) is 11.1. The second-order valence-corrected chi connectivity index (χ2v) is 6.11. The summed E-state index contributed by atoms with van der Waals surface area (Å²) in [6, 6.07) is 10.1. The minimum Gasteiger partial charge on any atom is -0.380 e. The summed E-state index contributed by atoms with van der Waals surface area (Å²) >= 11 is 0. The van der Waals surface area contributed by atoms with Crippen LogP contribution in [0.5, 0.6) is 0 Å².